The Morgan fingerprint density at radius 1 is 1.35 bits per heavy atom. The van der Waals surface area contributed by atoms with E-state index in [0.717, 1.165) is 11.1 Å². The minimum atomic E-state index is -0.158. The minimum absolute atomic E-state index is 0.0803. The van der Waals surface area contributed by atoms with Crippen molar-refractivity contribution in [1.29, 1.82) is 0 Å². The van der Waals surface area contributed by atoms with E-state index in [1.807, 2.05) is 42.6 Å². The van der Waals surface area contributed by atoms with Gasteiger partial charge in [0.15, 0.2) is 0 Å². The van der Waals surface area contributed by atoms with E-state index in [2.05, 4.69) is 15.3 Å². The third kappa shape index (κ3) is 3.31. The second kappa shape index (κ2) is 7.07. The molecule has 0 bridgehead atoms. The van der Waals surface area contributed by atoms with Gasteiger partial charge < -0.3 is 14.7 Å². The van der Waals surface area contributed by atoms with Crippen LogP contribution in [0.5, 0.6) is 0 Å². The monoisotopic (exact) mass is 385 g/mol. The summed E-state index contributed by atoms with van der Waals surface area (Å²) in [5.74, 6) is 1.27. The van der Waals surface area contributed by atoms with Crippen LogP contribution in [0.25, 0.3) is 21.5 Å². The van der Waals surface area contributed by atoms with Crippen LogP contribution in [-0.4, -0.2) is 9.97 Å². The van der Waals surface area contributed by atoms with Gasteiger partial charge in [0, 0.05) is 22.0 Å². The molecule has 4 rings (SSSR count). The predicted molar refractivity (Wildman–Crippen MR) is 105 cm³/mol. The van der Waals surface area contributed by atoms with Gasteiger partial charge in [-0.3, -0.25) is 4.79 Å². The van der Waals surface area contributed by atoms with Gasteiger partial charge in [0.1, 0.15) is 16.4 Å². The number of hydrogen-bond acceptors (Lipinski definition) is 5. The SMILES string of the molecule is C[C@@H](NCc1nc2scc(-c3ccco3)c2c(=O)[nH]1)c1cccc(Cl)c1. The molecular formula is C19H16ClN3O2S. The fourth-order valence-electron chi connectivity index (χ4n) is 2.83. The Bertz CT molecular complexity index is 1100. The maximum Gasteiger partial charge on any atom is 0.260 e. The number of nitrogens with zero attached hydrogens (tertiary/aromatic N) is 1. The molecule has 0 unspecified atom stereocenters. The Kier molecular flexibility index (Phi) is 4.63. The summed E-state index contributed by atoms with van der Waals surface area (Å²) in [5.41, 5.74) is 1.70. The highest BCUT2D eigenvalue weighted by molar-refractivity contribution is 7.17. The minimum Gasteiger partial charge on any atom is -0.464 e. The van der Waals surface area contributed by atoms with Crippen molar-refractivity contribution in [2.45, 2.75) is 19.5 Å². The molecule has 4 aromatic rings. The molecule has 0 fully saturated rings. The first-order valence-corrected chi connectivity index (χ1v) is 9.40. The Labute approximate surface area is 158 Å². The first kappa shape index (κ1) is 17.0. The van der Waals surface area contributed by atoms with Crippen molar-refractivity contribution in [2.24, 2.45) is 0 Å². The van der Waals surface area contributed by atoms with Crippen molar-refractivity contribution in [3.63, 3.8) is 0 Å². The third-order valence-electron chi connectivity index (χ3n) is 4.20. The van der Waals surface area contributed by atoms with Gasteiger partial charge >= 0.3 is 0 Å². The molecule has 0 aliphatic rings. The highest BCUT2D eigenvalue weighted by Gasteiger charge is 2.15. The number of furan rings is 1. The summed E-state index contributed by atoms with van der Waals surface area (Å²) in [6.45, 7) is 2.50. The van der Waals surface area contributed by atoms with Crippen LogP contribution in [0.15, 0.2) is 57.3 Å². The van der Waals surface area contributed by atoms with Gasteiger partial charge in [-0.05, 0) is 36.8 Å². The van der Waals surface area contributed by atoms with Crippen LogP contribution < -0.4 is 10.9 Å². The second-order valence-electron chi connectivity index (χ2n) is 5.98. The zero-order chi connectivity index (χ0) is 18.1. The molecule has 26 heavy (non-hydrogen) atoms. The summed E-state index contributed by atoms with van der Waals surface area (Å²) in [6.07, 6.45) is 1.59. The molecule has 0 spiro atoms. The molecule has 7 heteroatoms. The van der Waals surface area contributed by atoms with E-state index in [9.17, 15) is 4.79 Å². The largest absolute Gasteiger partial charge is 0.464 e. The van der Waals surface area contributed by atoms with Crippen molar-refractivity contribution in [1.82, 2.24) is 15.3 Å². The molecule has 132 valence electrons. The summed E-state index contributed by atoms with van der Waals surface area (Å²) in [6, 6.07) is 11.4. The van der Waals surface area contributed by atoms with Crippen LogP contribution >= 0.6 is 22.9 Å². The smallest absolute Gasteiger partial charge is 0.260 e. The quantitative estimate of drug-likeness (QED) is 0.520. The Balaban J connectivity index is 1.57. The molecule has 0 saturated heterocycles. The van der Waals surface area contributed by atoms with Gasteiger partial charge in [0.05, 0.1) is 18.2 Å². The van der Waals surface area contributed by atoms with Gasteiger partial charge in [-0.25, -0.2) is 4.98 Å². The van der Waals surface area contributed by atoms with E-state index in [4.69, 9.17) is 16.0 Å². The standard InChI is InChI=1S/C19H16ClN3O2S/c1-11(12-4-2-5-13(20)8-12)21-9-16-22-18(24)17-14(10-26-19(17)23-16)15-6-3-7-25-15/h2-8,10-11,21H,9H2,1H3,(H,22,23,24)/t11-/m1/s1. The van der Waals surface area contributed by atoms with E-state index in [-0.39, 0.29) is 11.6 Å². The van der Waals surface area contributed by atoms with Gasteiger partial charge in [0.2, 0.25) is 0 Å². The van der Waals surface area contributed by atoms with Gasteiger partial charge in [-0.2, -0.15) is 0 Å². The number of benzene rings is 1. The number of aromatic amines is 1. The van der Waals surface area contributed by atoms with E-state index in [1.165, 1.54) is 11.3 Å². The van der Waals surface area contributed by atoms with Gasteiger partial charge in [-0.1, -0.05) is 23.7 Å². The number of H-pyrrole nitrogens is 1. The molecule has 0 aliphatic carbocycles. The summed E-state index contributed by atoms with van der Waals surface area (Å²) < 4.78 is 5.41. The molecule has 1 atom stereocenters. The number of fused-ring (bicyclic) bond motifs is 1. The highest BCUT2D eigenvalue weighted by Crippen LogP contribution is 2.30. The summed E-state index contributed by atoms with van der Waals surface area (Å²) >= 11 is 7.48. The molecule has 0 saturated carbocycles. The van der Waals surface area contributed by atoms with Crippen LogP contribution in [-0.2, 0) is 6.54 Å². The van der Waals surface area contributed by atoms with Crippen molar-refractivity contribution in [2.75, 3.05) is 0 Å². The lowest BCUT2D eigenvalue weighted by atomic mass is 10.1. The average Bonchev–Trinajstić information content (AvgIpc) is 3.29. The molecule has 3 aromatic heterocycles. The number of thiophene rings is 1. The predicted octanol–water partition coefficient (Wildman–Crippen LogP) is 4.75. The molecule has 0 amide bonds. The molecule has 0 radical (unpaired) electrons. The van der Waals surface area contributed by atoms with Crippen molar-refractivity contribution >= 4 is 33.2 Å². The normalized spacial score (nSPS) is 12.5. The fourth-order valence-corrected chi connectivity index (χ4v) is 3.98. The van der Waals surface area contributed by atoms with Crippen LogP contribution in [0.3, 0.4) is 0 Å². The zero-order valence-electron chi connectivity index (χ0n) is 14.0. The Morgan fingerprint density at radius 3 is 3.00 bits per heavy atom. The van der Waals surface area contributed by atoms with Crippen LogP contribution in [0.1, 0.15) is 24.4 Å². The number of aromatic nitrogens is 2. The lowest BCUT2D eigenvalue weighted by Crippen LogP contribution is -2.22. The Hall–Kier alpha value is -2.41. The maximum absolute atomic E-state index is 12.6. The molecule has 1 aromatic carbocycles. The topological polar surface area (TPSA) is 70.9 Å². The number of halogens is 1. The lowest BCUT2D eigenvalue weighted by molar-refractivity contribution is 0.559. The summed E-state index contributed by atoms with van der Waals surface area (Å²) in [4.78, 5) is 20.7. The van der Waals surface area contributed by atoms with Crippen molar-refractivity contribution < 1.29 is 4.42 Å². The molecule has 5 nitrogen and oxygen atoms in total. The van der Waals surface area contributed by atoms with E-state index < -0.39 is 0 Å². The Morgan fingerprint density at radius 2 is 2.23 bits per heavy atom. The van der Waals surface area contributed by atoms with Crippen LogP contribution in [0.2, 0.25) is 5.02 Å². The van der Waals surface area contributed by atoms with Crippen LogP contribution in [0.4, 0.5) is 0 Å². The molecule has 0 aliphatic heterocycles. The lowest BCUT2D eigenvalue weighted by Gasteiger charge is -2.14. The fraction of sp³-hybridized carbons (Fsp3) is 0.158. The highest BCUT2D eigenvalue weighted by atomic mass is 35.5. The third-order valence-corrected chi connectivity index (χ3v) is 5.31. The van der Waals surface area contributed by atoms with Crippen molar-refractivity contribution in [3.05, 3.63) is 74.8 Å². The summed E-state index contributed by atoms with van der Waals surface area (Å²) in [7, 11) is 0. The van der Waals surface area contributed by atoms with Crippen LogP contribution in [0, 0.1) is 0 Å². The van der Waals surface area contributed by atoms with Crippen molar-refractivity contribution in [3.8, 4) is 11.3 Å². The van der Waals surface area contributed by atoms with Gasteiger partial charge in [0.25, 0.3) is 5.56 Å². The molecule has 2 N–H and O–H groups in total. The first-order chi connectivity index (χ1) is 12.6. The second-order valence-corrected chi connectivity index (χ2v) is 7.27. The zero-order valence-corrected chi connectivity index (χ0v) is 15.5. The number of nitrogens with one attached hydrogen (secondary N) is 2. The first-order valence-electron chi connectivity index (χ1n) is 8.15. The van der Waals surface area contributed by atoms with E-state index in [0.29, 0.717) is 33.4 Å². The summed E-state index contributed by atoms with van der Waals surface area (Å²) in [5, 5.41) is 6.53. The number of rotatable bonds is 5. The van der Waals surface area contributed by atoms with E-state index in [1.54, 1.807) is 12.3 Å². The van der Waals surface area contributed by atoms with Gasteiger partial charge in [-0.15, -0.1) is 11.3 Å². The molecular weight excluding hydrogens is 370 g/mol. The maximum atomic E-state index is 12.6. The molecule has 3 heterocycles. The average molecular weight is 386 g/mol. The number of hydrogen-bond donors (Lipinski definition) is 2. The van der Waals surface area contributed by atoms with E-state index >= 15 is 0 Å².